The Bertz CT molecular complexity index is 428. The van der Waals surface area contributed by atoms with Crippen LogP contribution in [0.2, 0.25) is 0 Å². The van der Waals surface area contributed by atoms with E-state index in [0.29, 0.717) is 11.4 Å². The Morgan fingerprint density at radius 2 is 2.17 bits per heavy atom. The molecule has 0 spiro atoms. The van der Waals surface area contributed by atoms with Gasteiger partial charge in [0.1, 0.15) is 11.5 Å². The van der Waals surface area contributed by atoms with Crippen molar-refractivity contribution in [1.82, 2.24) is 5.32 Å². The summed E-state index contributed by atoms with van der Waals surface area (Å²) in [5.41, 5.74) is 0.430. The summed E-state index contributed by atoms with van der Waals surface area (Å²) in [5, 5.41) is 15.7. The number of aromatic hydroxyl groups is 1. The summed E-state index contributed by atoms with van der Waals surface area (Å²) < 4.78 is 4.99. The Kier molecular flexibility index (Phi) is 4.04. The predicted octanol–water partition coefficient (Wildman–Crippen LogP) is 1.34. The molecule has 0 atom stereocenters. The molecule has 1 aromatic rings. The van der Waals surface area contributed by atoms with Crippen molar-refractivity contribution in [2.75, 3.05) is 25.5 Å². The van der Waals surface area contributed by atoms with Crippen LogP contribution in [0.4, 0.5) is 5.69 Å². The van der Waals surface area contributed by atoms with E-state index in [2.05, 4.69) is 10.6 Å². The van der Waals surface area contributed by atoms with Crippen LogP contribution in [0.5, 0.6) is 11.5 Å². The van der Waals surface area contributed by atoms with E-state index in [1.54, 1.807) is 12.1 Å². The number of hydrogen-bond acceptors (Lipinski definition) is 4. The number of anilines is 1. The molecule has 1 fully saturated rings. The number of piperidine rings is 1. The van der Waals surface area contributed by atoms with Gasteiger partial charge in [-0.1, -0.05) is 0 Å². The summed E-state index contributed by atoms with van der Waals surface area (Å²) in [4.78, 5) is 12.0. The lowest BCUT2D eigenvalue weighted by molar-refractivity contribution is -0.120. The summed E-state index contributed by atoms with van der Waals surface area (Å²) >= 11 is 0. The van der Waals surface area contributed by atoms with Gasteiger partial charge >= 0.3 is 0 Å². The van der Waals surface area contributed by atoms with Gasteiger partial charge in [-0.2, -0.15) is 0 Å². The molecule has 5 heteroatoms. The molecule has 1 saturated heterocycles. The zero-order valence-electron chi connectivity index (χ0n) is 10.4. The van der Waals surface area contributed by atoms with Crippen molar-refractivity contribution in [3.05, 3.63) is 18.2 Å². The number of phenolic OH excluding ortho intramolecular Hbond substituents is 1. The molecule has 2 rings (SSSR count). The minimum absolute atomic E-state index is 0.0211. The number of phenols is 1. The van der Waals surface area contributed by atoms with Crippen LogP contribution in [0, 0.1) is 5.92 Å². The maximum Gasteiger partial charge on any atom is 0.227 e. The van der Waals surface area contributed by atoms with Crippen LogP contribution in [0.3, 0.4) is 0 Å². The molecule has 1 aliphatic heterocycles. The molecule has 0 radical (unpaired) electrons. The van der Waals surface area contributed by atoms with Gasteiger partial charge < -0.3 is 20.5 Å². The summed E-state index contributed by atoms with van der Waals surface area (Å²) in [6.45, 7) is 1.74. The van der Waals surface area contributed by atoms with Gasteiger partial charge in [0.05, 0.1) is 12.8 Å². The monoisotopic (exact) mass is 250 g/mol. The molecule has 0 aliphatic carbocycles. The highest BCUT2D eigenvalue weighted by Crippen LogP contribution is 2.28. The van der Waals surface area contributed by atoms with Crippen LogP contribution < -0.4 is 15.4 Å². The second-order valence-electron chi connectivity index (χ2n) is 4.40. The number of nitrogens with one attached hydrogen (secondary N) is 2. The largest absolute Gasteiger partial charge is 0.506 e. The Morgan fingerprint density at radius 1 is 1.44 bits per heavy atom. The second kappa shape index (κ2) is 5.73. The van der Waals surface area contributed by atoms with Gasteiger partial charge in [-0.25, -0.2) is 0 Å². The van der Waals surface area contributed by atoms with E-state index in [9.17, 15) is 9.90 Å². The normalized spacial score (nSPS) is 16.3. The molecule has 0 aromatic heterocycles. The standard InChI is InChI=1S/C13H18N2O3/c1-18-10-2-3-11(12(16)8-10)15-13(17)9-4-6-14-7-5-9/h2-3,8-9,14,16H,4-7H2,1H3,(H,15,17). The first kappa shape index (κ1) is 12.7. The van der Waals surface area contributed by atoms with Crippen molar-refractivity contribution in [3.8, 4) is 11.5 Å². The van der Waals surface area contributed by atoms with E-state index in [-0.39, 0.29) is 17.6 Å². The quantitative estimate of drug-likeness (QED) is 0.708. The minimum atomic E-state index is -0.0306. The summed E-state index contributed by atoms with van der Waals surface area (Å²) in [6, 6.07) is 4.84. The topological polar surface area (TPSA) is 70.6 Å². The summed E-state index contributed by atoms with van der Waals surface area (Å²) in [7, 11) is 1.53. The Hall–Kier alpha value is -1.75. The smallest absolute Gasteiger partial charge is 0.227 e. The Morgan fingerprint density at radius 3 is 2.78 bits per heavy atom. The Labute approximate surface area is 106 Å². The van der Waals surface area contributed by atoms with Crippen molar-refractivity contribution >= 4 is 11.6 Å². The van der Waals surface area contributed by atoms with E-state index >= 15 is 0 Å². The molecule has 3 N–H and O–H groups in total. The van der Waals surface area contributed by atoms with Crippen LogP contribution in [-0.4, -0.2) is 31.2 Å². The zero-order valence-corrected chi connectivity index (χ0v) is 10.4. The molecule has 1 heterocycles. The first-order valence-electron chi connectivity index (χ1n) is 6.09. The number of carbonyl (C=O) groups excluding carboxylic acids is 1. The first-order chi connectivity index (χ1) is 8.70. The van der Waals surface area contributed by atoms with Crippen LogP contribution in [0.1, 0.15) is 12.8 Å². The number of rotatable bonds is 3. The van der Waals surface area contributed by atoms with E-state index in [1.165, 1.54) is 13.2 Å². The molecule has 0 unspecified atom stereocenters. The van der Waals surface area contributed by atoms with Crippen molar-refractivity contribution < 1.29 is 14.6 Å². The summed E-state index contributed by atoms with van der Waals surface area (Å²) in [5.74, 6) is 0.578. The fraction of sp³-hybridized carbons (Fsp3) is 0.462. The number of benzene rings is 1. The second-order valence-corrected chi connectivity index (χ2v) is 4.40. The molecule has 0 bridgehead atoms. The highest BCUT2D eigenvalue weighted by molar-refractivity contribution is 5.94. The highest BCUT2D eigenvalue weighted by atomic mass is 16.5. The molecular formula is C13H18N2O3. The minimum Gasteiger partial charge on any atom is -0.506 e. The fourth-order valence-electron chi connectivity index (χ4n) is 2.06. The van der Waals surface area contributed by atoms with Crippen LogP contribution >= 0.6 is 0 Å². The number of amides is 1. The number of carbonyl (C=O) groups is 1. The third-order valence-corrected chi connectivity index (χ3v) is 3.17. The molecule has 98 valence electrons. The molecule has 1 amide bonds. The van der Waals surface area contributed by atoms with Gasteiger partial charge in [0, 0.05) is 12.0 Å². The fourth-order valence-corrected chi connectivity index (χ4v) is 2.06. The van der Waals surface area contributed by atoms with Crippen molar-refractivity contribution in [2.24, 2.45) is 5.92 Å². The lowest BCUT2D eigenvalue weighted by Crippen LogP contribution is -2.34. The third kappa shape index (κ3) is 2.92. The average molecular weight is 250 g/mol. The molecule has 18 heavy (non-hydrogen) atoms. The van der Waals surface area contributed by atoms with Crippen molar-refractivity contribution in [1.29, 1.82) is 0 Å². The van der Waals surface area contributed by atoms with Gasteiger partial charge in [-0.3, -0.25) is 4.79 Å². The third-order valence-electron chi connectivity index (χ3n) is 3.17. The number of hydrogen-bond donors (Lipinski definition) is 3. The molecular weight excluding hydrogens is 232 g/mol. The average Bonchev–Trinajstić information content (AvgIpc) is 2.42. The van der Waals surface area contributed by atoms with Crippen molar-refractivity contribution in [2.45, 2.75) is 12.8 Å². The molecule has 0 saturated carbocycles. The lowest BCUT2D eigenvalue weighted by Gasteiger charge is -2.22. The highest BCUT2D eigenvalue weighted by Gasteiger charge is 2.21. The summed E-state index contributed by atoms with van der Waals surface area (Å²) in [6.07, 6.45) is 1.67. The number of ether oxygens (including phenoxy) is 1. The van der Waals surface area contributed by atoms with Crippen LogP contribution in [0.25, 0.3) is 0 Å². The van der Waals surface area contributed by atoms with Crippen molar-refractivity contribution in [3.63, 3.8) is 0 Å². The van der Waals surface area contributed by atoms with Gasteiger partial charge in [-0.05, 0) is 38.1 Å². The van der Waals surface area contributed by atoms with E-state index < -0.39 is 0 Å². The lowest BCUT2D eigenvalue weighted by atomic mass is 9.97. The van der Waals surface area contributed by atoms with Crippen LogP contribution in [0.15, 0.2) is 18.2 Å². The van der Waals surface area contributed by atoms with Gasteiger partial charge in [0.25, 0.3) is 0 Å². The zero-order chi connectivity index (χ0) is 13.0. The van der Waals surface area contributed by atoms with Gasteiger partial charge in [0.2, 0.25) is 5.91 Å². The van der Waals surface area contributed by atoms with E-state index in [1.807, 2.05) is 0 Å². The van der Waals surface area contributed by atoms with Crippen LogP contribution in [-0.2, 0) is 4.79 Å². The maximum absolute atomic E-state index is 12.0. The molecule has 5 nitrogen and oxygen atoms in total. The van der Waals surface area contributed by atoms with Gasteiger partial charge in [0.15, 0.2) is 0 Å². The first-order valence-corrected chi connectivity index (χ1v) is 6.09. The van der Waals surface area contributed by atoms with E-state index in [4.69, 9.17) is 4.74 Å². The number of methoxy groups -OCH3 is 1. The molecule has 1 aliphatic rings. The van der Waals surface area contributed by atoms with E-state index in [0.717, 1.165) is 25.9 Å². The Balaban J connectivity index is 2.02. The molecule has 1 aromatic carbocycles. The van der Waals surface area contributed by atoms with Gasteiger partial charge in [-0.15, -0.1) is 0 Å². The maximum atomic E-state index is 12.0. The predicted molar refractivity (Wildman–Crippen MR) is 68.9 cm³/mol. The SMILES string of the molecule is COc1ccc(NC(=O)C2CCNCC2)c(O)c1.